The summed E-state index contributed by atoms with van der Waals surface area (Å²) in [5.74, 6) is -1.22. The molecule has 6 heteroatoms. The maximum atomic E-state index is 13.6. The van der Waals surface area contributed by atoms with Crippen molar-refractivity contribution in [2.24, 2.45) is 0 Å². The van der Waals surface area contributed by atoms with E-state index in [1.165, 1.54) is 18.2 Å². The van der Waals surface area contributed by atoms with Crippen molar-refractivity contribution >= 4 is 50.7 Å². The van der Waals surface area contributed by atoms with Crippen LogP contribution in [0.15, 0.2) is 40.9 Å². The van der Waals surface area contributed by atoms with Gasteiger partial charge in [0.15, 0.2) is 0 Å². The summed E-state index contributed by atoms with van der Waals surface area (Å²) in [6, 6.07) is 8.93. The van der Waals surface area contributed by atoms with Gasteiger partial charge < -0.3 is 5.32 Å². The van der Waals surface area contributed by atoms with Crippen LogP contribution in [0, 0.1) is 5.82 Å². The van der Waals surface area contributed by atoms with Crippen molar-refractivity contribution in [3.63, 3.8) is 0 Å². The number of nitrogens with one attached hydrogen (secondary N) is 1. The monoisotopic (exact) mass is 361 g/mol. The van der Waals surface area contributed by atoms with Gasteiger partial charge in [0.05, 0.1) is 16.3 Å². The Kier molecular flexibility index (Phi) is 4.45. The Morgan fingerprint density at radius 3 is 2.63 bits per heavy atom. The van der Waals surface area contributed by atoms with Gasteiger partial charge in [-0.15, -0.1) is 0 Å². The second-order valence-corrected chi connectivity index (χ2v) is 5.37. The summed E-state index contributed by atoms with van der Waals surface area (Å²) in [5, 5.41) is 3.27. The van der Waals surface area contributed by atoms with Gasteiger partial charge in [0.1, 0.15) is 5.82 Å². The minimum atomic E-state index is -0.620. The molecule has 0 saturated heterocycles. The van der Waals surface area contributed by atoms with E-state index in [2.05, 4.69) is 21.2 Å². The van der Waals surface area contributed by atoms with Gasteiger partial charge in [0.25, 0.3) is 5.91 Å². The third-order valence-corrected chi connectivity index (χ3v) is 3.59. The van der Waals surface area contributed by atoms with E-state index in [0.29, 0.717) is 20.2 Å². The first-order valence-electron chi connectivity index (χ1n) is 5.19. The molecular formula is C13H7BrCl2FNO. The Morgan fingerprint density at radius 1 is 1.21 bits per heavy atom. The lowest BCUT2D eigenvalue weighted by Gasteiger charge is -2.09. The van der Waals surface area contributed by atoms with E-state index in [0.717, 1.165) is 0 Å². The Morgan fingerprint density at radius 2 is 1.95 bits per heavy atom. The van der Waals surface area contributed by atoms with Crippen LogP contribution in [0.1, 0.15) is 10.4 Å². The summed E-state index contributed by atoms with van der Waals surface area (Å²) in [6.07, 6.45) is 0. The SMILES string of the molecule is O=C(Nc1cc(Cl)ccc1Cl)c1c(F)cccc1Br. The molecule has 1 N–H and O–H groups in total. The van der Waals surface area contributed by atoms with Crippen LogP contribution in [0.25, 0.3) is 0 Å². The molecule has 0 aliphatic heterocycles. The van der Waals surface area contributed by atoms with Gasteiger partial charge in [-0.1, -0.05) is 29.3 Å². The largest absolute Gasteiger partial charge is 0.320 e. The summed E-state index contributed by atoms with van der Waals surface area (Å²) in [6.45, 7) is 0. The van der Waals surface area contributed by atoms with Crippen molar-refractivity contribution < 1.29 is 9.18 Å². The second-order valence-electron chi connectivity index (χ2n) is 3.67. The van der Waals surface area contributed by atoms with Crippen LogP contribution in [0.4, 0.5) is 10.1 Å². The molecule has 1 amide bonds. The molecule has 0 fully saturated rings. The first-order valence-corrected chi connectivity index (χ1v) is 6.74. The Labute approximate surface area is 127 Å². The number of benzene rings is 2. The van der Waals surface area contributed by atoms with E-state index < -0.39 is 11.7 Å². The molecule has 2 rings (SSSR count). The molecule has 2 nitrogen and oxygen atoms in total. The van der Waals surface area contributed by atoms with E-state index in [9.17, 15) is 9.18 Å². The van der Waals surface area contributed by atoms with Gasteiger partial charge >= 0.3 is 0 Å². The Balaban J connectivity index is 2.34. The number of hydrogen-bond acceptors (Lipinski definition) is 1. The normalized spacial score (nSPS) is 10.3. The lowest BCUT2D eigenvalue weighted by molar-refractivity contribution is 0.102. The third kappa shape index (κ3) is 3.26. The molecular weight excluding hydrogens is 356 g/mol. The lowest BCUT2D eigenvalue weighted by Crippen LogP contribution is -2.14. The zero-order chi connectivity index (χ0) is 14.0. The van der Waals surface area contributed by atoms with Gasteiger partial charge in [0, 0.05) is 9.50 Å². The number of carbonyl (C=O) groups excluding carboxylic acids is 1. The summed E-state index contributed by atoms with van der Waals surface area (Å²) in [5.41, 5.74) is 0.243. The summed E-state index contributed by atoms with van der Waals surface area (Å²) >= 11 is 14.9. The maximum absolute atomic E-state index is 13.6. The van der Waals surface area contributed by atoms with Gasteiger partial charge in [-0.25, -0.2) is 4.39 Å². The zero-order valence-corrected chi connectivity index (χ0v) is 12.5. The van der Waals surface area contributed by atoms with Crippen LogP contribution < -0.4 is 5.32 Å². The molecule has 19 heavy (non-hydrogen) atoms. The third-order valence-electron chi connectivity index (χ3n) is 2.37. The molecule has 0 spiro atoms. The predicted molar refractivity (Wildman–Crippen MR) is 78.5 cm³/mol. The van der Waals surface area contributed by atoms with Gasteiger partial charge in [-0.2, -0.15) is 0 Å². The fourth-order valence-electron chi connectivity index (χ4n) is 1.49. The van der Waals surface area contributed by atoms with Crippen molar-refractivity contribution in [2.45, 2.75) is 0 Å². The van der Waals surface area contributed by atoms with Crippen molar-refractivity contribution in [3.8, 4) is 0 Å². The van der Waals surface area contributed by atoms with Crippen LogP contribution in [-0.2, 0) is 0 Å². The summed E-state index contributed by atoms with van der Waals surface area (Å²) in [7, 11) is 0. The highest BCUT2D eigenvalue weighted by Gasteiger charge is 2.16. The molecule has 98 valence electrons. The van der Waals surface area contributed by atoms with Crippen molar-refractivity contribution in [2.75, 3.05) is 5.32 Å². The minimum Gasteiger partial charge on any atom is -0.320 e. The maximum Gasteiger partial charge on any atom is 0.259 e. The smallest absolute Gasteiger partial charge is 0.259 e. The van der Waals surface area contributed by atoms with Crippen LogP contribution >= 0.6 is 39.1 Å². The van der Waals surface area contributed by atoms with E-state index in [-0.39, 0.29) is 5.56 Å². The van der Waals surface area contributed by atoms with Crippen molar-refractivity contribution in [1.29, 1.82) is 0 Å². The standard InChI is InChI=1S/C13H7BrCl2FNO/c14-8-2-1-3-10(17)12(8)13(19)18-11-6-7(15)4-5-9(11)16/h1-6H,(H,18,19). The fourth-order valence-corrected chi connectivity index (χ4v) is 2.35. The molecule has 0 aromatic heterocycles. The molecule has 0 aliphatic rings. The number of carbonyl (C=O) groups is 1. The van der Waals surface area contributed by atoms with Crippen LogP contribution in [0.5, 0.6) is 0 Å². The van der Waals surface area contributed by atoms with Gasteiger partial charge in [-0.05, 0) is 46.3 Å². The molecule has 0 bridgehead atoms. The highest BCUT2D eigenvalue weighted by Crippen LogP contribution is 2.27. The first kappa shape index (κ1) is 14.3. The topological polar surface area (TPSA) is 29.1 Å². The Bertz CT molecular complexity index is 628. The Hall–Kier alpha value is -1.10. The molecule has 0 heterocycles. The lowest BCUT2D eigenvalue weighted by atomic mass is 10.2. The molecule has 2 aromatic carbocycles. The van der Waals surface area contributed by atoms with E-state index in [1.807, 2.05) is 0 Å². The molecule has 0 aliphatic carbocycles. The van der Waals surface area contributed by atoms with E-state index in [1.54, 1.807) is 18.2 Å². The van der Waals surface area contributed by atoms with E-state index in [4.69, 9.17) is 23.2 Å². The zero-order valence-electron chi connectivity index (χ0n) is 9.38. The minimum absolute atomic E-state index is 0.0847. The highest BCUT2D eigenvalue weighted by atomic mass is 79.9. The molecule has 0 saturated carbocycles. The van der Waals surface area contributed by atoms with Crippen LogP contribution in [-0.4, -0.2) is 5.91 Å². The highest BCUT2D eigenvalue weighted by molar-refractivity contribution is 9.10. The number of amides is 1. The second kappa shape index (κ2) is 5.90. The van der Waals surface area contributed by atoms with Crippen molar-refractivity contribution in [3.05, 3.63) is 62.3 Å². The number of hydrogen-bond donors (Lipinski definition) is 1. The van der Waals surface area contributed by atoms with Gasteiger partial charge in [-0.3, -0.25) is 4.79 Å². The average Bonchev–Trinajstić information content (AvgIpc) is 2.33. The number of halogens is 4. The van der Waals surface area contributed by atoms with Crippen LogP contribution in [0.3, 0.4) is 0 Å². The fraction of sp³-hybridized carbons (Fsp3) is 0. The van der Waals surface area contributed by atoms with Gasteiger partial charge in [0.2, 0.25) is 0 Å². The van der Waals surface area contributed by atoms with Crippen molar-refractivity contribution in [1.82, 2.24) is 0 Å². The summed E-state index contributed by atoms with van der Waals surface area (Å²) in [4.78, 5) is 12.0. The molecule has 0 unspecified atom stereocenters. The molecule has 0 radical (unpaired) electrons. The van der Waals surface area contributed by atoms with E-state index >= 15 is 0 Å². The quantitative estimate of drug-likeness (QED) is 0.786. The number of rotatable bonds is 2. The van der Waals surface area contributed by atoms with Crippen LogP contribution in [0.2, 0.25) is 10.0 Å². The average molecular weight is 363 g/mol. The predicted octanol–water partition coefficient (Wildman–Crippen LogP) is 5.15. The number of anilines is 1. The molecule has 2 aromatic rings. The first-order chi connectivity index (χ1) is 8.99. The molecule has 0 atom stereocenters. The summed E-state index contributed by atoms with van der Waals surface area (Å²) < 4.78 is 14.0.